The molecule has 0 aliphatic carbocycles. The van der Waals surface area contributed by atoms with E-state index in [9.17, 15) is 9.59 Å². The molecular weight excluding hydrogens is 312 g/mol. The van der Waals surface area contributed by atoms with Gasteiger partial charge in [0.25, 0.3) is 0 Å². The molecule has 0 saturated carbocycles. The number of benzene rings is 1. The van der Waals surface area contributed by atoms with Crippen LogP contribution in [0.25, 0.3) is 0 Å². The molecule has 1 atom stereocenters. The van der Waals surface area contributed by atoms with E-state index >= 15 is 0 Å². The Balaban J connectivity index is 2.19. The van der Waals surface area contributed by atoms with E-state index in [4.69, 9.17) is 22.1 Å². The first kappa shape index (κ1) is 17.8. The summed E-state index contributed by atoms with van der Waals surface area (Å²) in [5, 5.41) is 3.45. The lowest BCUT2D eigenvalue weighted by Gasteiger charge is -2.10. The van der Waals surface area contributed by atoms with E-state index in [-0.39, 0.29) is 11.7 Å². The summed E-state index contributed by atoms with van der Waals surface area (Å²) in [5.74, 6) is 0.0611. The van der Waals surface area contributed by atoms with E-state index in [2.05, 4.69) is 5.32 Å². The quantitative estimate of drug-likeness (QED) is 0.707. The fourth-order valence-electron chi connectivity index (χ4n) is 1.45. The van der Waals surface area contributed by atoms with Gasteiger partial charge in [-0.1, -0.05) is 23.7 Å². The summed E-state index contributed by atoms with van der Waals surface area (Å²) in [6, 6.07) is 6.56. The molecule has 1 amide bonds. The van der Waals surface area contributed by atoms with Crippen molar-refractivity contribution < 1.29 is 14.3 Å². The minimum Gasteiger partial charge on any atom is -0.465 e. The molecule has 0 fully saturated rings. The fraction of sp³-hybridized carbons (Fsp3) is 0.429. The lowest BCUT2D eigenvalue weighted by atomic mass is 10.2. The third-order valence-electron chi connectivity index (χ3n) is 2.52. The molecule has 0 aliphatic heterocycles. The van der Waals surface area contributed by atoms with Crippen LogP contribution in [0.4, 0.5) is 0 Å². The van der Waals surface area contributed by atoms with Crippen LogP contribution < -0.4 is 11.1 Å². The Kier molecular flexibility index (Phi) is 8.19. The summed E-state index contributed by atoms with van der Waals surface area (Å²) in [5.41, 5.74) is 6.60. The van der Waals surface area contributed by atoms with Gasteiger partial charge in [-0.3, -0.25) is 9.59 Å². The number of nitrogens with two attached hydrogens (primary N) is 1. The number of hydrogen-bond acceptors (Lipinski definition) is 5. The summed E-state index contributed by atoms with van der Waals surface area (Å²) in [4.78, 5) is 22.9. The van der Waals surface area contributed by atoms with Crippen LogP contribution in [0.3, 0.4) is 0 Å². The van der Waals surface area contributed by atoms with E-state index in [1.807, 2.05) is 12.1 Å². The number of thioether (sulfide) groups is 1. The zero-order valence-corrected chi connectivity index (χ0v) is 13.4. The first-order valence-corrected chi connectivity index (χ1v) is 8.07. The number of amides is 1. The van der Waals surface area contributed by atoms with Gasteiger partial charge in [0, 0.05) is 17.3 Å². The molecule has 0 saturated heterocycles. The van der Waals surface area contributed by atoms with Crippen LogP contribution in [-0.2, 0) is 20.9 Å². The second kappa shape index (κ2) is 9.65. The summed E-state index contributed by atoms with van der Waals surface area (Å²) in [7, 11) is 0. The first-order chi connectivity index (χ1) is 10.0. The Bertz CT molecular complexity index is 468. The lowest BCUT2D eigenvalue weighted by molar-refractivity contribution is -0.144. The maximum atomic E-state index is 11.6. The van der Waals surface area contributed by atoms with Crippen molar-refractivity contribution in [2.45, 2.75) is 19.5 Å². The van der Waals surface area contributed by atoms with Crippen LogP contribution in [-0.4, -0.2) is 36.0 Å². The van der Waals surface area contributed by atoms with Crippen LogP contribution in [0.2, 0.25) is 5.02 Å². The van der Waals surface area contributed by atoms with Crippen LogP contribution in [0.1, 0.15) is 12.5 Å². The zero-order chi connectivity index (χ0) is 15.7. The average Bonchev–Trinajstić information content (AvgIpc) is 2.46. The van der Waals surface area contributed by atoms with Gasteiger partial charge in [0.15, 0.2) is 0 Å². The van der Waals surface area contributed by atoms with Crippen molar-refractivity contribution in [3.8, 4) is 0 Å². The smallest absolute Gasteiger partial charge is 0.323 e. The lowest BCUT2D eigenvalue weighted by Crippen LogP contribution is -2.35. The van der Waals surface area contributed by atoms with Crippen molar-refractivity contribution in [1.82, 2.24) is 5.32 Å². The topological polar surface area (TPSA) is 81.4 Å². The number of rotatable bonds is 8. The van der Waals surface area contributed by atoms with Crippen LogP contribution in [0, 0.1) is 0 Å². The zero-order valence-electron chi connectivity index (χ0n) is 11.8. The number of carbonyl (C=O) groups excluding carboxylic acids is 2. The second-order valence-corrected chi connectivity index (χ2v) is 5.74. The molecule has 1 aromatic carbocycles. The highest BCUT2D eigenvalue weighted by Gasteiger charge is 2.14. The minimum atomic E-state index is -0.695. The molecule has 0 radical (unpaired) electrons. The number of nitrogens with one attached hydrogen (secondary N) is 1. The maximum Gasteiger partial charge on any atom is 0.323 e. The molecule has 0 aromatic heterocycles. The molecule has 1 rings (SSSR count). The number of halogens is 1. The van der Waals surface area contributed by atoms with Gasteiger partial charge in [0.1, 0.15) is 6.04 Å². The molecule has 0 aliphatic rings. The molecule has 5 nitrogen and oxygen atoms in total. The summed E-state index contributed by atoms with van der Waals surface area (Å²) >= 11 is 7.08. The third-order valence-corrected chi connectivity index (χ3v) is 3.84. The molecule has 1 aromatic rings. The van der Waals surface area contributed by atoms with Gasteiger partial charge >= 0.3 is 5.97 Å². The van der Waals surface area contributed by atoms with Crippen molar-refractivity contribution in [2.24, 2.45) is 5.73 Å². The van der Waals surface area contributed by atoms with Crippen molar-refractivity contribution in [3.05, 3.63) is 34.9 Å². The standard InChI is InChI=1S/C14H19ClN2O3S/c1-2-20-14(19)12(16)8-21-9-13(18)17-7-10-3-5-11(15)6-4-10/h3-6,12H,2,7-9,16H2,1H3,(H,17,18). The Hall–Kier alpha value is -1.24. The summed E-state index contributed by atoms with van der Waals surface area (Å²) in [6.07, 6.45) is 0. The number of carbonyl (C=O) groups is 2. The normalized spacial score (nSPS) is 11.8. The van der Waals surface area contributed by atoms with Gasteiger partial charge in [-0.15, -0.1) is 11.8 Å². The summed E-state index contributed by atoms with van der Waals surface area (Å²) < 4.78 is 4.79. The SMILES string of the molecule is CCOC(=O)C(N)CSCC(=O)NCc1ccc(Cl)cc1. The third kappa shape index (κ3) is 7.36. The molecule has 1 unspecified atom stereocenters. The highest BCUT2D eigenvalue weighted by atomic mass is 35.5. The van der Waals surface area contributed by atoms with Gasteiger partial charge in [-0.2, -0.15) is 0 Å². The van der Waals surface area contributed by atoms with Crippen molar-refractivity contribution in [2.75, 3.05) is 18.1 Å². The Morgan fingerprint density at radius 1 is 1.38 bits per heavy atom. The Labute approximate surface area is 133 Å². The van der Waals surface area contributed by atoms with Crippen molar-refractivity contribution in [1.29, 1.82) is 0 Å². The molecular formula is C14H19ClN2O3S. The van der Waals surface area contributed by atoms with Gasteiger partial charge in [-0.25, -0.2) is 0 Å². The largest absolute Gasteiger partial charge is 0.465 e. The number of hydrogen-bond donors (Lipinski definition) is 2. The molecule has 0 spiro atoms. The van der Waals surface area contributed by atoms with Crippen LogP contribution in [0.5, 0.6) is 0 Å². The number of esters is 1. The average molecular weight is 331 g/mol. The maximum absolute atomic E-state index is 11.6. The predicted octanol–water partition coefficient (Wildman–Crippen LogP) is 1.58. The van der Waals surface area contributed by atoms with Gasteiger partial charge < -0.3 is 15.8 Å². The fourth-order valence-corrected chi connectivity index (χ4v) is 2.37. The second-order valence-electron chi connectivity index (χ2n) is 4.28. The molecule has 116 valence electrons. The van der Waals surface area contributed by atoms with Gasteiger partial charge in [0.05, 0.1) is 12.4 Å². The van der Waals surface area contributed by atoms with E-state index in [1.165, 1.54) is 11.8 Å². The Morgan fingerprint density at radius 2 is 2.05 bits per heavy atom. The van der Waals surface area contributed by atoms with E-state index in [0.29, 0.717) is 23.9 Å². The van der Waals surface area contributed by atoms with E-state index in [0.717, 1.165) is 5.56 Å². The first-order valence-electron chi connectivity index (χ1n) is 6.54. The Morgan fingerprint density at radius 3 is 2.67 bits per heavy atom. The molecule has 7 heteroatoms. The van der Waals surface area contributed by atoms with Gasteiger partial charge in [0.2, 0.25) is 5.91 Å². The van der Waals surface area contributed by atoms with E-state index < -0.39 is 12.0 Å². The van der Waals surface area contributed by atoms with Crippen LogP contribution >= 0.6 is 23.4 Å². The van der Waals surface area contributed by atoms with Gasteiger partial charge in [-0.05, 0) is 24.6 Å². The summed E-state index contributed by atoms with van der Waals surface area (Å²) in [6.45, 7) is 2.47. The molecule has 21 heavy (non-hydrogen) atoms. The highest BCUT2D eigenvalue weighted by Crippen LogP contribution is 2.09. The molecule has 3 N–H and O–H groups in total. The monoisotopic (exact) mass is 330 g/mol. The number of ether oxygens (including phenoxy) is 1. The predicted molar refractivity (Wildman–Crippen MR) is 85.2 cm³/mol. The van der Waals surface area contributed by atoms with Crippen LogP contribution in [0.15, 0.2) is 24.3 Å². The molecule has 0 bridgehead atoms. The molecule has 0 heterocycles. The van der Waals surface area contributed by atoms with E-state index in [1.54, 1.807) is 19.1 Å². The van der Waals surface area contributed by atoms with Crippen molar-refractivity contribution in [3.63, 3.8) is 0 Å². The highest BCUT2D eigenvalue weighted by molar-refractivity contribution is 8.00. The van der Waals surface area contributed by atoms with Crippen molar-refractivity contribution >= 4 is 35.2 Å². The minimum absolute atomic E-state index is 0.106.